The number of aromatic nitrogens is 2. The molecule has 0 atom stereocenters. The maximum atomic E-state index is 13.4. The van der Waals surface area contributed by atoms with E-state index in [0.29, 0.717) is 36.1 Å². The molecule has 1 aliphatic carbocycles. The predicted octanol–water partition coefficient (Wildman–Crippen LogP) is 6.24. The van der Waals surface area contributed by atoms with Gasteiger partial charge in [-0.15, -0.1) is 0 Å². The number of piperidine rings is 1. The zero-order valence-electron chi connectivity index (χ0n) is 25.4. The van der Waals surface area contributed by atoms with Crippen molar-refractivity contribution in [2.75, 3.05) is 52.4 Å². The van der Waals surface area contributed by atoms with Crippen molar-refractivity contribution in [3.8, 4) is 22.8 Å². The van der Waals surface area contributed by atoms with Crippen LogP contribution in [0.15, 0.2) is 67.0 Å². The topological polar surface area (TPSA) is 85.8 Å². The smallest absolute Gasteiger partial charge is 0.225 e. The first-order valence-corrected chi connectivity index (χ1v) is 15.3. The SMILES string of the molecule is COCCN1CCC(COc2cc3ncnc(-c4ccc(NC(=O)CC5(c6ccc(F)cc6)CC5)cc4)c3cc2OC)CC1. The number of amides is 1. The molecule has 44 heavy (non-hydrogen) atoms. The summed E-state index contributed by atoms with van der Waals surface area (Å²) < 4.78 is 30.6. The van der Waals surface area contributed by atoms with E-state index < -0.39 is 0 Å². The molecule has 0 unspecified atom stereocenters. The minimum absolute atomic E-state index is 0.0547. The maximum absolute atomic E-state index is 13.4. The molecule has 2 aliphatic rings. The van der Waals surface area contributed by atoms with Crippen LogP contribution in [0.25, 0.3) is 22.2 Å². The lowest BCUT2D eigenvalue weighted by Gasteiger charge is -2.31. The van der Waals surface area contributed by atoms with Crippen molar-refractivity contribution in [2.24, 2.45) is 5.92 Å². The molecule has 8 nitrogen and oxygen atoms in total. The second kappa shape index (κ2) is 13.3. The van der Waals surface area contributed by atoms with Gasteiger partial charge in [0.15, 0.2) is 11.5 Å². The third-order valence-corrected chi connectivity index (χ3v) is 8.97. The lowest BCUT2D eigenvalue weighted by atomic mass is 9.92. The van der Waals surface area contributed by atoms with E-state index in [1.807, 2.05) is 36.4 Å². The maximum Gasteiger partial charge on any atom is 0.225 e. The van der Waals surface area contributed by atoms with Crippen LogP contribution in [0.5, 0.6) is 11.5 Å². The van der Waals surface area contributed by atoms with Gasteiger partial charge < -0.3 is 24.4 Å². The quantitative estimate of drug-likeness (QED) is 0.207. The third-order valence-electron chi connectivity index (χ3n) is 8.97. The van der Waals surface area contributed by atoms with Gasteiger partial charge in [0.05, 0.1) is 31.5 Å². The van der Waals surface area contributed by atoms with Crippen LogP contribution in [0, 0.1) is 11.7 Å². The molecule has 230 valence electrons. The molecule has 2 heterocycles. The molecule has 3 aromatic carbocycles. The van der Waals surface area contributed by atoms with Crippen molar-refractivity contribution in [3.63, 3.8) is 0 Å². The van der Waals surface area contributed by atoms with E-state index in [0.717, 1.165) is 79.6 Å². The van der Waals surface area contributed by atoms with Crippen LogP contribution in [0.2, 0.25) is 0 Å². The van der Waals surface area contributed by atoms with Gasteiger partial charge in [-0.05, 0) is 80.6 Å². The molecule has 6 rings (SSSR count). The highest BCUT2D eigenvalue weighted by molar-refractivity contribution is 5.95. The number of benzene rings is 3. The molecule has 1 aromatic heterocycles. The number of rotatable bonds is 12. The minimum Gasteiger partial charge on any atom is -0.493 e. The Balaban J connectivity index is 1.11. The highest BCUT2D eigenvalue weighted by Crippen LogP contribution is 2.51. The molecule has 0 radical (unpaired) electrons. The zero-order chi connectivity index (χ0) is 30.5. The summed E-state index contributed by atoms with van der Waals surface area (Å²) >= 11 is 0. The van der Waals surface area contributed by atoms with E-state index in [1.165, 1.54) is 12.1 Å². The van der Waals surface area contributed by atoms with Gasteiger partial charge in [0.1, 0.15) is 12.1 Å². The Labute approximate surface area is 257 Å². The van der Waals surface area contributed by atoms with Crippen LogP contribution in [-0.4, -0.2) is 67.8 Å². The molecule has 4 aromatic rings. The van der Waals surface area contributed by atoms with Gasteiger partial charge in [0.25, 0.3) is 0 Å². The zero-order valence-corrected chi connectivity index (χ0v) is 25.4. The first-order valence-electron chi connectivity index (χ1n) is 15.3. The van der Waals surface area contributed by atoms with Crippen LogP contribution in [-0.2, 0) is 14.9 Å². The average Bonchev–Trinajstić information content (AvgIpc) is 3.83. The summed E-state index contributed by atoms with van der Waals surface area (Å²) in [7, 11) is 3.39. The Morgan fingerprint density at radius 1 is 1.00 bits per heavy atom. The Bertz CT molecular complexity index is 1580. The highest BCUT2D eigenvalue weighted by Gasteiger charge is 2.45. The molecule has 0 spiro atoms. The van der Waals surface area contributed by atoms with Crippen LogP contribution in [0.1, 0.15) is 37.7 Å². The summed E-state index contributed by atoms with van der Waals surface area (Å²) in [5.41, 5.74) is 3.98. The van der Waals surface area contributed by atoms with Gasteiger partial charge >= 0.3 is 0 Å². The summed E-state index contributed by atoms with van der Waals surface area (Å²) in [6.07, 6.45) is 5.97. The Morgan fingerprint density at radius 3 is 2.43 bits per heavy atom. The molecule has 1 saturated carbocycles. The van der Waals surface area contributed by atoms with E-state index in [-0.39, 0.29) is 17.1 Å². The summed E-state index contributed by atoms with van der Waals surface area (Å²) in [5, 5.41) is 3.88. The number of likely N-dealkylation sites (tertiary alicyclic amines) is 1. The molecule has 1 amide bonds. The largest absolute Gasteiger partial charge is 0.493 e. The number of fused-ring (bicyclic) bond motifs is 1. The van der Waals surface area contributed by atoms with Crippen molar-refractivity contribution in [3.05, 3.63) is 78.4 Å². The molecule has 0 bridgehead atoms. The van der Waals surface area contributed by atoms with E-state index in [2.05, 4.69) is 20.2 Å². The van der Waals surface area contributed by atoms with Gasteiger partial charge in [-0.3, -0.25) is 4.79 Å². The number of ether oxygens (including phenoxy) is 3. The molecule has 1 N–H and O–H groups in total. The van der Waals surface area contributed by atoms with Crippen molar-refractivity contribution in [1.29, 1.82) is 0 Å². The second-order valence-corrected chi connectivity index (χ2v) is 11.9. The summed E-state index contributed by atoms with van der Waals surface area (Å²) in [4.78, 5) is 24.5. The molecule has 2 fully saturated rings. The Morgan fingerprint density at radius 2 is 1.75 bits per heavy atom. The number of nitrogens with one attached hydrogen (secondary N) is 1. The van der Waals surface area contributed by atoms with E-state index in [1.54, 1.807) is 32.7 Å². The number of nitrogens with zero attached hydrogens (tertiary/aromatic N) is 3. The van der Waals surface area contributed by atoms with Crippen LogP contribution < -0.4 is 14.8 Å². The summed E-state index contributed by atoms with van der Waals surface area (Å²) in [5.74, 6) is 1.50. The first kappa shape index (κ1) is 30.0. The predicted molar refractivity (Wildman–Crippen MR) is 169 cm³/mol. The molecular formula is C35H39FN4O4. The number of hydrogen-bond acceptors (Lipinski definition) is 7. The number of methoxy groups -OCH3 is 2. The Hall–Kier alpha value is -4.08. The molecular weight excluding hydrogens is 559 g/mol. The average molecular weight is 599 g/mol. The number of anilines is 1. The van der Waals surface area contributed by atoms with Gasteiger partial charge in [0.2, 0.25) is 5.91 Å². The minimum atomic E-state index is -0.265. The second-order valence-electron chi connectivity index (χ2n) is 11.9. The van der Waals surface area contributed by atoms with E-state index in [4.69, 9.17) is 14.2 Å². The van der Waals surface area contributed by atoms with Gasteiger partial charge in [-0.2, -0.15) is 0 Å². The van der Waals surface area contributed by atoms with Crippen LogP contribution >= 0.6 is 0 Å². The lowest BCUT2D eigenvalue weighted by molar-refractivity contribution is -0.116. The van der Waals surface area contributed by atoms with Crippen LogP contribution in [0.4, 0.5) is 10.1 Å². The van der Waals surface area contributed by atoms with E-state index >= 15 is 0 Å². The molecule has 1 saturated heterocycles. The highest BCUT2D eigenvalue weighted by atomic mass is 19.1. The van der Waals surface area contributed by atoms with Crippen LogP contribution in [0.3, 0.4) is 0 Å². The molecule has 9 heteroatoms. The van der Waals surface area contributed by atoms with Gasteiger partial charge in [-0.25, -0.2) is 14.4 Å². The molecule has 1 aliphatic heterocycles. The number of halogens is 1. The van der Waals surface area contributed by atoms with E-state index in [9.17, 15) is 9.18 Å². The first-order chi connectivity index (χ1) is 21.5. The summed E-state index contributed by atoms with van der Waals surface area (Å²) in [6, 6.07) is 18.0. The number of carbonyl (C=O) groups is 1. The standard InChI is InChI=1S/C35H39FN4O4/c1-42-18-17-40-15-11-24(12-16-40)22-44-32-20-30-29(19-31(32)43-2)34(38-23-37-30)25-3-9-28(10-4-25)39-33(41)21-35(13-14-35)26-5-7-27(36)8-6-26/h3-10,19-20,23-24H,11-18,21-22H2,1-2H3,(H,39,41). The fourth-order valence-electron chi connectivity index (χ4n) is 6.12. The summed E-state index contributed by atoms with van der Waals surface area (Å²) in [6.45, 7) is 4.49. The van der Waals surface area contributed by atoms with Gasteiger partial charge in [-0.1, -0.05) is 24.3 Å². The van der Waals surface area contributed by atoms with Crippen molar-refractivity contribution < 1.29 is 23.4 Å². The van der Waals surface area contributed by atoms with Crippen molar-refractivity contribution in [1.82, 2.24) is 14.9 Å². The lowest BCUT2D eigenvalue weighted by Crippen LogP contribution is -2.37. The Kier molecular flexibility index (Phi) is 9.04. The number of hydrogen-bond donors (Lipinski definition) is 1. The fourth-order valence-corrected chi connectivity index (χ4v) is 6.12. The van der Waals surface area contributed by atoms with Crippen molar-refractivity contribution >= 4 is 22.5 Å². The third kappa shape index (κ3) is 6.84. The fraction of sp³-hybridized carbons (Fsp3) is 0.400. The van der Waals surface area contributed by atoms with Crippen molar-refractivity contribution in [2.45, 2.75) is 37.5 Å². The normalized spacial score (nSPS) is 16.5. The number of carbonyl (C=O) groups excluding carboxylic acids is 1. The monoisotopic (exact) mass is 598 g/mol. The van der Waals surface area contributed by atoms with Gasteiger partial charge in [0, 0.05) is 48.2 Å².